The van der Waals surface area contributed by atoms with Crippen molar-refractivity contribution >= 4 is 0 Å². The molecule has 0 aliphatic carbocycles. The van der Waals surface area contributed by atoms with Crippen LogP contribution in [0.1, 0.15) is 33.1 Å². The molecule has 1 heterocycles. The summed E-state index contributed by atoms with van der Waals surface area (Å²) in [5, 5.41) is 0. The Kier molecular flexibility index (Phi) is 6.30. The summed E-state index contributed by atoms with van der Waals surface area (Å²) in [7, 11) is 4.76. The molecule has 0 aromatic heterocycles. The SMILES string of the molecule is CCC1CC(CC)C[N+](C)(C)C1.[Y]. The van der Waals surface area contributed by atoms with Crippen LogP contribution in [0.3, 0.4) is 0 Å². The number of likely N-dealkylation sites (tertiary alicyclic amines) is 1. The first-order valence-corrected chi connectivity index (χ1v) is 5.39. The monoisotopic (exact) mass is 259 g/mol. The zero-order chi connectivity index (χ0) is 9.19. The molecule has 1 aliphatic heterocycles. The van der Waals surface area contributed by atoms with Gasteiger partial charge in [-0.3, -0.25) is 0 Å². The third-order valence-electron chi connectivity index (χ3n) is 3.33. The van der Waals surface area contributed by atoms with Crippen molar-refractivity contribution in [3.8, 4) is 0 Å². The van der Waals surface area contributed by atoms with Crippen LogP contribution in [0.5, 0.6) is 0 Å². The molecule has 1 aliphatic rings. The Bertz CT molecular complexity index is 131. The van der Waals surface area contributed by atoms with Crippen LogP contribution >= 0.6 is 0 Å². The van der Waals surface area contributed by atoms with Crippen molar-refractivity contribution in [2.45, 2.75) is 33.1 Å². The third-order valence-corrected chi connectivity index (χ3v) is 3.33. The van der Waals surface area contributed by atoms with E-state index >= 15 is 0 Å². The number of hydrogen-bond donors (Lipinski definition) is 0. The molecular weight excluding hydrogens is 235 g/mol. The molecule has 0 aromatic carbocycles. The van der Waals surface area contributed by atoms with E-state index in [9.17, 15) is 0 Å². The Labute approximate surface area is 109 Å². The first-order chi connectivity index (χ1) is 5.57. The minimum Gasteiger partial charge on any atom is -0.328 e. The van der Waals surface area contributed by atoms with Gasteiger partial charge in [-0.05, 0) is 19.3 Å². The van der Waals surface area contributed by atoms with Crippen molar-refractivity contribution in [3.05, 3.63) is 0 Å². The van der Waals surface area contributed by atoms with Gasteiger partial charge in [0.15, 0.2) is 0 Å². The van der Waals surface area contributed by atoms with Gasteiger partial charge in [-0.25, -0.2) is 0 Å². The van der Waals surface area contributed by atoms with Crippen LogP contribution in [0.4, 0.5) is 0 Å². The predicted molar refractivity (Wildman–Crippen MR) is 54.0 cm³/mol. The van der Waals surface area contributed by atoms with Crippen LogP contribution in [-0.4, -0.2) is 31.7 Å². The molecule has 1 nitrogen and oxygen atoms in total. The van der Waals surface area contributed by atoms with Crippen LogP contribution in [-0.2, 0) is 32.7 Å². The first kappa shape index (κ1) is 14.1. The second-order valence-electron chi connectivity index (χ2n) is 5.09. The van der Waals surface area contributed by atoms with Crippen LogP contribution in [0.2, 0.25) is 0 Å². The number of piperidine rings is 1. The molecule has 0 N–H and O–H groups in total. The van der Waals surface area contributed by atoms with Crippen molar-refractivity contribution in [2.24, 2.45) is 11.8 Å². The van der Waals surface area contributed by atoms with Crippen LogP contribution in [0.25, 0.3) is 0 Å². The second kappa shape index (κ2) is 5.83. The molecule has 1 radical (unpaired) electrons. The number of rotatable bonds is 2. The normalized spacial score (nSPS) is 32.3. The molecule has 0 bridgehead atoms. The summed E-state index contributed by atoms with van der Waals surface area (Å²) in [4.78, 5) is 0. The molecule has 2 unspecified atom stereocenters. The number of hydrogen-bond acceptors (Lipinski definition) is 0. The summed E-state index contributed by atoms with van der Waals surface area (Å²) in [5.74, 6) is 1.97. The molecule has 75 valence electrons. The molecule has 0 spiro atoms. The number of nitrogens with zero attached hydrogens (tertiary/aromatic N) is 1. The van der Waals surface area contributed by atoms with Crippen molar-refractivity contribution in [1.82, 2.24) is 0 Å². The summed E-state index contributed by atoms with van der Waals surface area (Å²) >= 11 is 0. The van der Waals surface area contributed by atoms with E-state index in [1.807, 2.05) is 0 Å². The molecule has 0 saturated carbocycles. The van der Waals surface area contributed by atoms with Gasteiger partial charge in [0, 0.05) is 44.5 Å². The smallest absolute Gasteiger partial charge is 0.0811 e. The number of quaternary nitrogens is 1. The van der Waals surface area contributed by atoms with Gasteiger partial charge in [-0.2, -0.15) is 0 Å². The van der Waals surface area contributed by atoms with E-state index in [0.29, 0.717) is 0 Å². The summed E-state index contributed by atoms with van der Waals surface area (Å²) < 4.78 is 1.25. The maximum Gasteiger partial charge on any atom is 0.0811 e. The molecule has 1 rings (SSSR count). The Hall–Kier alpha value is 1.06. The summed E-state index contributed by atoms with van der Waals surface area (Å²) in [6.45, 7) is 7.46. The van der Waals surface area contributed by atoms with Crippen LogP contribution in [0.15, 0.2) is 0 Å². The molecule has 0 aromatic rings. The van der Waals surface area contributed by atoms with Crippen molar-refractivity contribution in [3.63, 3.8) is 0 Å². The standard InChI is InChI=1S/C11H24N.Y/c1-5-10-7-11(6-2)9-12(3,4)8-10;/h10-11H,5-9H2,1-4H3;/q+1;. The maximum atomic E-state index is 2.38. The van der Waals surface area contributed by atoms with Crippen molar-refractivity contribution in [2.75, 3.05) is 27.2 Å². The molecule has 2 atom stereocenters. The Morgan fingerprint density at radius 3 is 1.69 bits per heavy atom. The zero-order valence-corrected chi connectivity index (χ0v) is 12.6. The quantitative estimate of drug-likeness (QED) is 0.668. The van der Waals surface area contributed by atoms with E-state index in [4.69, 9.17) is 0 Å². The average molecular weight is 259 g/mol. The minimum atomic E-state index is 0. The maximum absolute atomic E-state index is 2.38. The van der Waals surface area contributed by atoms with Gasteiger partial charge in [-0.15, -0.1) is 0 Å². The van der Waals surface area contributed by atoms with E-state index in [0.717, 1.165) is 11.8 Å². The van der Waals surface area contributed by atoms with E-state index in [1.165, 1.54) is 36.8 Å². The molecule has 13 heavy (non-hydrogen) atoms. The fraction of sp³-hybridized carbons (Fsp3) is 1.00. The largest absolute Gasteiger partial charge is 0.328 e. The Morgan fingerprint density at radius 2 is 1.38 bits per heavy atom. The van der Waals surface area contributed by atoms with Crippen LogP contribution < -0.4 is 0 Å². The first-order valence-electron chi connectivity index (χ1n) is 5.39. The fourth-order valence-corrected chi connectivity index (χ4v) is 2.68. The summed E-state index contributed by atoms with van der Waals surface area (Å²) in [6.07, 6.45) is 4.23. The third kappa shape index (κ3) is 4.40. The van der Waals surface area contributed by atoms with Gasteiger partial charge < -0.3 is 4.48 Å². The van der Waals surface area contributed by atoms with Gasteiger partial charge in [0.2, 0.25) is 0 Å². The van der Waals surface area contributed by atoms with Gasteiger partial charge in [0.25, 0.3) is 0 Å². The van der Waals surface area contributed by atoms with E-state index in [-0.39, 0.29) is 32.7 Å². The van der Waals surface area contributed by atoms with Gasteiger partial charge >= 0.3 is 0 Å². The van der Waals surface area contributed by atoms with Crippen LogP contribution in [0, 0.1) is 11.8 Å². The molecular formula is C11H24NY+. The predicted octanol–water partition coefficient (Wildman–Crippen LogP) is 2.52. The molecule has 1 fully saturated rings. The average Bonchev–Trinajstić information content (AvgIpc) is 2.01. The van der Waals surface area contributed by atoms with E-state index in [2.05, 4.69) is 27.9 Å². The van der Waals surface area contributed by atoms with Crippen molar-refractivity contribution in [1.29, 1.82) is 0 Å². The van der Waals surface area contributed by atoms with Gasteiger partial charge in [-0.1, -0.05) is 13.8 Å². The van der Waals surface area contributed by atoms with Crippen molar-refractivity contribution < 1.29 is 37.2 Å². The summed E-state index contributed by atoms with van der Waals surface area (Å²) in [6, 6.07) is 0. The van der Waals surface area contributed by atoms with E-state index in [1.54, 1.807) is 0 Å². The summed E-state index contributed by atoms with van der Waals surface area (Å²) in [5.41, 5.74) is 0. The zero-order valence-electron chi connectivity index (χ0n) is 9.71. The Balaban J connectivity index is 0.00000144. The molecule has 1 saturated heterocycles. The topological polar surface area (TPSA) is 0 Å². The van der Waals surface area contributed by atoms with Gasteiger partial charge in [0.1, 0.15) is 0 Å². The molecule has 2 heteroatoms. The van der Waals surface area contributed by atoms with E-state index < -0.39 is 0 Å². The molecule has 0 amide bonds. The second-order valence-corrected chi connectivity index (χ2v) is 5.09. The minimum absolute atomic E-state index is 0. The Morgan fingerprint density at radius 1 is 1.00 bits per heavy atom. The van der Waals surface area contributed by atoms with Gasteiger partial charge in [0.05, 0.1) is 27.2 Å². The fourth-order valence-electron chi connectivity index (χ4n) is 2.68.